The van der Waals surface area contributed by atoms with Crippen LogP contribution in [0.15, 0.2) is 24.3 Å². The fraction of sp³-hybridized carbons (Fsp3) is 0.182. The van der Waals surface area contributed by atoms with Crippen molar-refractivity contribution in [1.29, 1.82) is 5.26 Å². The first-order chi connectivity index (χ1) is 8.74. The SMILES string of the molecule is COC(=O)Cn1nnnc1-c1cccc(C#N)c1. The molecule has 18 heavy (non-hydrogen) atoms. The van der Waals surface area contributed by atoms with Gasteiger partial charge in [-0.2, -0.15) is 5.26 Å². The van der Waals surface area contributed by atoms with Crippen LogP contribution in [0.5, 0.6) is 0 Å². The highest BCUT2D eigenvalue weighted by molar-refractivity contribution is 5.70. The fourth-order valence-electron chi connectivity index (χ4n) is 1.43. The number of tetrazole rings is 1. The standard InChI is InChI=1S/C11H9N5O2/c1-18-10(17)7-16-11(13-14-15-16)9-4-2-3-8(5-9)6-12/h2-5H,7H2,1H3. The van der Waals surface area contributed by atoms with E-state index in [9.17, 15) is 4.79 Å². The maximum Gasteiger partial charge on any atom is 0.327 e. The van der Waals surface area contributed by atoms with Crippen LogP contribution in [0.25, 0.3) is 11.4 Å². The number of carbonyl (C=O) groups excluding carboxylic acids is 1. The van der Waals surface area contributed by atoms with Crippen LogP contribution in [-0.4, -0.2) is 33.3 Å². The van der Waals surface area contributed by atoms with Gasteiger partial charge in [0.15, 0.2) is 5.82 Å². The zero-order valence-electron chi connectivity index (χ0n) is 9.57. The fourth-order valence-corrected chi connectivity index (χ4v) is 1.43. The molecule has 1 aromatic heterocycles. The number of carbonyl (C=O) groups is 1. The van der Waals surface area contributed by atoms with Gasteiger partial charge >= 0.3 is 5.97 Å². The number of nitrogens with zero attached hydrogens (tertiary/aromatic N) is 5. The van der Waals surface area contributed by atoms with E-state index < -0.39 is 5.97 Å². The Morgan fingerprint density at radius 3 is 3.11 bits per heavy atom. The average Bonchev–Trinajstić information content (AvgIpc) is 2.86. The van der Waals surface area contributed by atoms with E-state index in [-0.39, 0.29) is 6.54 Å². The van der Waals surface area contributed by atoms with Crippen molar-refractivity contribution in [3.05, 3.63) is 29.8 Å². The first-order valence-corrected chi connectivity index (χ1v) is 5.08. The average molecular weight is 243 g/mol. The number of aromatic nitrogens is 4. The van der Waals surface area contributed by atoms with Crippen LogP contribution in [0.2, 0.25) is 0 Å². The van der Waals surface area contributed by atoms with E-state index in [0.717, 1.165) is 0 Å². The molecule has 1 aromatic carbocycles. The van der Waals surface area contributed by atoms with Crippen molar-refractivity contribution in [2.45, 2.75) is 6.54 Å². The Balaban J connectivity index is 2.36. The molecule has 1 heterocycles. The lowest BCUT2D eigenvalue weighted by molar-refractivity contribution is -0.141. The molecule has 0 aliphatic carbocycles. The molecule has 0 atom stereocenters. The van der Waals surface area contributed by atoms with E-state index in [1.54, 1.807) is 24.3 Å². The van der Waals surface area contributed by atoms with E-state index in [0.29, 0.717) is 17.0 Å². The molecule has 7 heteroatoms. The van der Waals surface area contributed by atoms with Crippen molar-refractivity contribution in [3.8, 4) is 17.5 Å². The van der Waals surface area contributed by atoms with Crippen molar-refractivity contribution >= 4 is 5.97 Å². The second kappa shape index (κ2) is 5.05. The molecule has 0 unspecified atom stereocenters. The lowest BCUT2D eigenvalue weighted by Crippen LogP contribution is -2.14. The van der Waals surface area contributed by atoms with E-state index in [4.69, 9.17) is 5.26 Å². The van der Waals surface area contributed by atoms with E-state index in [1.807, 2.05) is 6.07 Å². The highest BCUT2D eigenvalue weighted by atomic mass is 16.5. The summed E-state index contributed by atoms with van der Waals surface area (Å²) in [7, 11) is 1.29. The Morgan fingerprint density at radius 2 is 2.39 bits per heavy atom. The summed E-state index contributed by atoms with van der Waals surface area (Å²) in [6.07, 6.45) is 0. The lowest BCUT2D eigenvalue weighted by Gasteiger charge is -2.03. The van der Waals surface area contributed by atoms with Crippen LogP contribution in [0.3, 0.4) is 0 Å². The van der Waals surface area contributed by atoms with Gasteiger partial charge in [0.25, 0.3) is 0 Å². The summed E-state index contributed by atoms with van der Waals surface area (Å²) in [6.45, 7) is -0.0738. The molecule has 2 rings (SSSR count). The molecule has 0 spiro atoms. The number of hydrogen-bond acceptors (Lipinski definition) is 6. The van der Waals surface area contributed by atoms with Gasteiger partial charge in [-0.25, -0.2) is 4.68 Å². The molecule has 0 radical (unpaired) electrons. The highest BCUT2D eigenvalue weighted by Crippen LogP contribution is 2.16. The molecule has 0 bridgehead atoms. The normalized spacial score (nSPS) is 9.78. The van der Waals surface area contributed by atoms with Crippen LogP contribution >= 0.6 is 0 Å². The largest absolute Gasteiger partial charge is 0.468 e. The highest BCUT2D eigenvalue weighted by Gasteiger charge is 2.12. The van der Waals surface area contributed by atoms with Crippen molar-refractivity contribution in [3.63, 3.8) is 0 Å². The summed E-state index contributed by atoms with van der Waals surface area (Å²) in [5.74, 6) is -0.0301. The van der Waals surface area contributed by atoms with Crippen LogP contribution in [0, 0.1) is 11.3 Å². The molecule has 0 fully saturated rings. The first-order valence-electron chi connectivity index (χ1n) is 5.08. The third kappa shape index (κ3) is 2.32. The lowest BCUT2D eigenvalue weighted by atomic mass is 10.1. The Bertz CT molecular complexity index is 614. The number of benzene rings is 1. The number of nitriles is 1. The first kappa shape index (κ1) is 11.7. The van der Waals surface area contributed by atoms with Gasteiger partial charge in [0.1, 0.15) is 6.54 Å². The molecule has 0 saturated heterocycles. The predicted octanol–water partition coefficient (Wildman–Crippen LogP) is 0.385. The summed E-state index contributed by atoms with van der Waals surface area (Å²) in [5.41, 5.74) is 1.17. The summed E-state index contributed by atoms with van der Waals surface area (Å²) < 4.78 is 5.87. The second-order valence-electron chi connectivity index (χ2n) is 3.43. The van der Waals surface area contributed by atoms with E-state index in [2.05, 4.69) is 20.3 Å². The number of ether oxygens (including phenoxy) is 1. The van der Waals surface area contributed by atoms with Crippen LogP contribution in [-0.2, 0) is 16.1 Å². The monoisotopic (exact) mass is 243 g/mol. The number of hydrogen-bond donors (Lipinski definition) is 0. The molecular weight excluding hydrogens is 234 g/mol. The Hall–Kier alpha value is -2.75. The second-order valence-corrected chi connectivity index (χ2v) is 3.43. The predicted molar refractivity (Wildman–Crippen MR) is 60.0 cm³/mol. The van der Waals surface area contributed by atoms with Gasteiger partial charge in [-0.05, 0) is 22.6 Å². The van der Waals surface area contributed by atoms with E-state index in [1.165, 1.54) is 11.8 Å². The summed E-state index contributed by atoms with van der Waals surface area (Å²) in [5, 5.41) is 19.9. The maximum absolute atomic E-state index is 11.2. The topological polar surface area (TPSA) is 93.7 Å². The van der Waals surface area contributed by atoms with Gasteiger partial charge in [0.05, 0.1) is 18.7 Å². The number of methoxy groups -OCH3 is 1. The molecule has 7 nitrogen and oxygen atoms in total. The molecule has 0 amide bonds. The minimum absolute atomic E-state index is 0.0738. The molecule has 0 aliphatic heterocycles. The van der Waals surface area contributed by atoms with Gasteiger partial charge in [-0.3, -0.25) is 4.79 Å². The number of esters is 1. The van der Waals surface area contributed by atoms with Gasteiger partial charge in [-0.15, -0.1) is 5.10 Å². The minimum Gasteiger partial charge on any atom is -0.468 e. The van der Waals surface area contributed by atoms with Crippen molar-refractivity contribution in [1.82, 2.24) is 20.2 Å². The third-order valence-electron chi connectivity index (χ3n) is 2.29. The van der Waals surface area contributed by atoms with Crippen molar-refractivity contribution in [2.75, 3.05) is 7.11 Å². The van der Waals surface area contributed by atoms with Gasteiger partial charge in [0.2, 0.25) is 0 Å². The third-order valence-corrected chi connectivity index (χ3v) is 2.29. The Morgan fingerprint density at radius 1 is 1.56 bits per heavy atom. The van der Waals surface area contributed by atoms with Gasteiger partial charge < -0.3 is 4.74 Å². The van der Waals surface area contributed by atoms with Crippen LogP contribution in [0.1, 0.15) is 5.56 Å². The minimum atomic E-state index is -0.444. The molecular formula is C11H9N5O2. The zero-order valence-corrected chi connectivity index (χ0v) is 9.57. The van der Waals surface area contributed by atoms with Crippen molar-refractivity contribution < 1.29 is 9.53 Å². The van der Waals surface area contributed by atoms with Gasteiger partial charge in [-0.1, -0.05) is 12.1 Å². The Labute approximate surface area is 103 Å². The molecule has 0 N–H and O–H groups in total. The van der Waals surface area contributed by atoms with E-state index >= 15 is 0 Å². The summed E-state index contributed by atoms with van der Waals surface area (Å²) in [4.78, 5) is 11.2. The van der Waals surface area contributed by atoms with Crippen molar-refractivity contribution in [2.24, 2.45) is 0 Å². The molecule has 0 aliphatic rings. The summed E-state index contributed by atoms with van der Waals surface area (Å²) >= 11 is 0. The van der Waals surface area contributed by atoms with Gasteiger partial charge in [0, 0.05) is 5.56 Å². The number of rotatable bonds is 3. The molecule has 90 valence electrons. The maximum atomic E-state index is 11.2. The smallest absolute Gasteiger partial charge is 0.327 e. The quantitative estimate of drug-likeness (QED) is 0.723. The zero-order chi connectivity index (χ0) is 13.0. The van der Waals surface area contributed by atoms with Crippen LogP contribution < -0.4 is 0 Å². The summed E-state index contributed by atoms with van der Waals surface area (Å²) in [6, 6.07) is 8.85. The molecule has 2 aromatic rings. The molecule has 0 saturated carbocycles. The Kier molecular flexibility index (Phi) is 3.29. The van der Waals surface area contributed by atoms with Crippen LogP contribution in [0.4, 0.5) is 0 Å².